The minimum absolute atomic E-state index is 0.0239. The monoisotopic (exact) mass is 560 g/mol. The number of ether oxygens (including phenoxy) is 2. The van der Waals surface area contributed by atoms with Gasteiger partial charge in [0.2, 0.25) is 5.91 Å². The van der Waals surface area contributed by atoms with Gasteiger partial charge in [-0.05, 0) is 95.6 Å². The third-order valence-corrected chi connectivity index (χ3v) is 10.2. The van der Waals surface area contributed by atoms with Gasteiger partial charge < -0.3 is 24.6 Å². The number of carbonyl (C=O) groups excluding carboxylic acids is 2. The molecule has 0 spiro atoms. The van der Waals surface area contributed by atoms with Gasteiger partial charge in [-0.15, -0.1) is 0 Å². The first-order chi connectivity index (χ1) is 19.6. The molecular weight excluding hydrogens is 516 g/mol. The fourth-order valence-electron chi connectivity index (χ4n) is 7.75. The van der Waals surface area contributed by atoms with Crippen molar-refractivity contribution in [1.29, 1.82) is 0 Å². The van der Waals surface area contributed by atoms with Crippen molar-refractivity contribution in [3.63, 3.8) is 0 Å². The van der Waals surface area contributed by atoms with Crippen LogP contribution in [0.5, 0.6) is 11.5 Å². The molecular formula is C33H44N4O4. The molecule has 4 aliphatic rings. The largest absolute Gasteiger partial charge is 0.448 e. The number of fused-ring (bicyclic) bond motifs is 2. The van der Waals surface area contributed by atoms with Crippen LogP contribution in [0.25, 0.3) is 11.1 Å². The molecule has 6 rings (SSSR count). The second-order valence-electron chi connectivity index (χ2n) is 13.2. The molecule has 2 amide bonds. The van der Waals surface area contributed by atoms with Crippen LogP contribution < -0.4 is 14.8 Å². The quantitative estimate of drug-likeness (QED) is 0.564. The van der Waals surface area contributed by atoms with E-state index in [-0.39, 0.29) is 35.6 Å². The summed E-state index contributed by atoms with van der Waals surface area (Å²) in [5, 5.41) is 3.09. The van der Waals surface area contributed by atoms with Crippen LogP contribution in [0.1, 0.15) is 74.4 Å². The fourth-order valence-corrected chi connectivity index (χ4v) is 7.75. The van der Waals surface area contributed by atoms with Gasteiger partial charge in [-0.1, -0.05) is 6.92 Å². The molecule has 3 unspecified atom stereocenters. The van der Waals surface area contributed by atoms with Gasteiger partial charge in [-0.2, -0.15) is 0 Å². The SMILES string of the molecule is Cc1c2c(c(-c3ccncc3)c3c1C(=O)N(CC1C(=O)NC(C)CC1C)CC3)O[C@](C)(C1CCC(N(C)C)CC1)O2. The number of nitrogens with one attached hydrogen (secondary N) is 1. The molecule has 3 aliphatic heterocycles. The Morgan fingerprint density at radius 2 is 1.73 bits per heavy atom. The number of benzene rings is 1. The van der Waals surface area contributed by atoms with Gasteiger partial charge in [-0.3, -0.25) is 14.6 Å². The molecule has 220 valence electrons. The van der Waals surface area contributed by atoms with Crippen LogP contribution in [0, 0.1) is 24.7 Å². The van der Waals surface area contributed by atoms with Gasteiger partial charge in [-0.25, -0.2) is 0 Å². The average molecular weight is 561 g/mol. The predicted molar refractivity (Wildman–Crippen MR) is 158 cm³/mol. The molecule has 41 heavy (non-hydrogen) atoms. The van der Waals surface area contributed by atoms with Crippen LogP contribution in [-0.2, 0) is 11.2 Å². The minimum Gasteiger partial charge on any atom is -0.448 e. The van der Waals surface area contributed by atoms with Crippen molar-refractivity contribution in [3.8, 4) is 22.6 Å². The Morgan fingerprint density at radius 1 is 1.05 bits per heavy atom. The zero-order valence-electron chi connectivity index (χ0n) is 25.3. The van der Waals surface area contributed by atoms with E-state index >= 15 is 0 Å². The number of nitrogens with zero attached hydrogens (tertiary/aromatic N) is 3. The molecule has 1 aromatic heterocycles. The van der Waals surface area contributed by atoms with Gasteiger partial charge in [0, 0.05) is 61.5 Å². The number of hydrogen-bond acceptors (Lipinski definition) is 6. The second-order valence-corrected chi connectivity index (χ2v) is 13.2. The lowest BCUT2D eigenvalue weighted by molar-refractivity contribution is -0.130. The van der Waals surface area contributed by atoms with E-state index in [9.17, 15) is 9.59 Å². The third kappa shape index (κ3) is 4.88. The molecule has 1 N–H and O–H groups in total. The number of piperidine rings is 1. The van der Waals surface area contributed by atoms with Crippen LogP contribution >= 0.6 is 0 Å². The van der Waals surface area contributed by atoms with Gasteiger partial charge in [0.05, 0.1) is 11.5 Å². The number of amides is 2. The smallest absolute Gasteiger partial charge is 0.254 e. The standard InChI is InChI=1S/C33H44N4O4/c1-19-17-20(2)35-31(38)26(19)18-37-16-13-25-27(32(37)39)21(3)29-30(28(25)22-11-14-34-15-12-22)41-33(4,40-29)23-7-9-24(10-8-23)36(5)6/h11-12,14-15,19-20,23-24,26H,7-10,13,16-18H2,1-6H3,(H,35,38)/t19?,20?,23?,24?,26?,33-/m1/s1. The highest BCUT2D eigenvalue weighted by Crippen LogP contribution is 2.55. The summed E-state index contributed by atoms with van der Waals surface area (Å²) in [6.07, 6.45) is 9.48. The zero-order valence-corrected chi connectivity index (χ0v) is 25.3. The van der Waals surface area contributed by atoms with Crippen LogP contribution in [0.4, 0.5) is 0 Å². The number of aromatic nitrogens is 1. The summed E-state index contributed by atoms with van der Waals surface area (Å²) in [6.45, 7) is 9.23. The Hall–Kier alpha value is -3.13. The third-order valence-electron chi connectivity index (χ3n) is 10.2. The number of carbonyl (C=O) groups is 2. The van der Waals surface area contributed by atoms with Gasteiger partial charge in [0.1, 0.15) is 0 Å². The van der Waals surface area contributed by atoms with Crippen molar-refractivity contribution in [2.45, 2.75) is 84.1 Å². The number of pyridine rings is 1. The van der Waals surface area contributed by atoms with Gasteiger partial charge in [0.15, 0.2) is 11.5 Å². The molecule has 1 saturated carbocycles. The molecule has 2 aromatic rings. The molecule has 4 heterocycles. The molecule has 8 heteroatoms. The maximum atomic E-state index is 14.2. The van der Waals surface area contributed by atoms with E-state index in [0.717, 1.165) is 60.1 Å². The van der Waals surface area contributed by atoms with E-state index in [4.69, 9.17) is 9.47 Å². The zero-order chi connectivity index (χ0) is 29.1. The lowest BCUT2D eigenvalue weighted by Crippen LogP contribution is -2.52. The van der Waals surface area contributed by atoms with Crippen molar-refractivity contribution in [2.75, 3.05) is 27.2 Å². The van der Waals surface area contributed by atoms with E-state index in [0.29, 0.717) is 36.9 Å². The van der Waals surface area contributed by atoms with Crippen molar-refractivity contribution < 1.29 is 19.1 Å². The Balaban J connectivity index is 1.36. The predicted octanol–water partition coefficient (Wildman–Crippen LogP) is 4.82. The number of hydrogen-bond donors (Lipinski definition) is 1. The lowest BCUT2D eigenvalue weighted by atomic mass is 9.81. The summed E-state index contributed by atoms with van der Waals surface area (Å²) in [7, 11) is 4.31. The average Bonchev–Trinajstić information content (AvgIpc) is 3.31. The maximum Gasteiger partial charge on any atom is 0.254 e. The van der Waals surface area contributed by atoms with Crippen LogP contribution in [-0.4, -0.2) is 71.7 Å². The van der Waals surface area contributed by atoms with Crippen molar-refractivity contribution in [2.24, 2.45) is 17.8 Å². The molecule has 1 aromatic carbocycles. The molecule has 1 saturated heterocycles. The Kier molecular flexibility index (Phi) is 7.25. The van der Waals surface area contributed by atoms with Crippen LogP contribution in [0.15, 0.2) is 24.5 Å². The Bertz CT molecular complexity index is 1340. The highest BCUT2D eigenvalue weighted by molar-refractivity contribution is 6.03. The van der Waals surface area contributed by atoms with E-state index in [1.54, 1.807) is 12.4 Å². The highest BCUT2D eigenvalue weighted by Gasteiger charge is 2.49. The summed E-state index contributed by atoms with van der Waals surface area (Å²) < 4.78 is 13.6. The summed E-state index contributed by atoms with van der Waals surface area (Å²) in [5.41, 5.74) is 4.46. The van der Waals surface area contributed by atoms with E-state index in [2.05, 4.69) is 43.1 Å². The summed E-state index contributed by atoms with van der Waals surface area (Å²) >= 11 is 0. The molecule has 8 nitrogen and oxygen atoms in total. The lowest BCUT2D eigenvalue weighted by Gasteiger charge is -2.39. The first kappa shape index (κ1) is 28.0. The molecule has 1 aliphatic carbocycles. The second kappa shape index (κ2) is 10.6. The van der Waals surface area contributed by atoms with Crippen LogP contribution in [0.3, 0.4) is 0 Å². The highest BCUT2D eigenvalue weighted by atomic mass is 16.7. The fraction of sp³-hybridized carbons (Fsp3) is 0.606. The van der Waals surface area contributed by atoms with Gasteiger partial charge in [0.25, 0.3) is 11.7 Å². The first-order valence-corrected chi connectivity index (χ1v) is 15.3. The number of rotatable bonds is 5. The topological polar surface area (TPSA) is 84.0 Å². The van der Waals surface area contributed by atoms with Crippen molar-refractivity contribution in [1.82, 2.24) is 20.1 Å². The normalized spacial score (nSPS) is 31.3. The molecule has 4 atom stereocenters. The van der Waals surface area contributed by atoms with Crippen molar-refractivity contribution in [3.05, 3.63) is 41.2 Å². The van der Waals surface area contributed by atoms with E-state index < -0.39 is 5.79 Å². The summed E-state index contributed by atoms with van der Waals surface area (Å²) in [5.74, 6) is 0.950. The van der Waals surface area contributed by atoms with Gasteiger partial charge >= 0.3 is 0 Å². The summed E-state index contributed by atoms with van der Waals surface area (Å²) in [6, 6.07) is 4.72. The van der Waals surface area contributed by atoms with E-state index in [1.807, 2.05) is 30.9 Å². The molecule has 0 radical (unpaired) electrons. The Labute approximate surface area is 243 Å². The molecule has 2 fully saturated rings. The van der Waals surface area contributed by atoms with Crippen LogP contribution in [0.2, 0.25) is 0 Å². The Morgan fingerprint density at radius 3 is 2.39 bits per heavy atom. The maximum absolute atomic E-state index is 14.2. The summed E-state index contributed by atoms with van der Waals surface area (Å²) in [4.78, 5) is 35.5. The first-order valence-electron chi connectivity index (χ1n) is 15.3. The van der Waals surface area contributed by atoms with Crippen molar-refractivity contribution >= 4 is 11.8 Å². The minimum atomic E-state index is -0.787. The molecule has 0 bridgehead atoms. The van der Waals surface area contributed by atoms with E-state index in [1.165, 1.54) is 0 Å².